The fraction of sp³-hybridized carbons (Fsp3) is 0.343. The zero-order chi connectivity index (χ0) is 25.1. The molecule has 0 saturated heterocycles. The highest BCUT2D eigenvalue weighted by atomic mass is 16.5. The molecule has 0 saturated carbocycles. The number of fused-ring (bicyclic) bond motifs is 5. The van der Waals surface area contributed by atoms with E-state index in [1.807, 2.05) is 0 Å². The van der Waals surface area contributed by atoms with Crippen LogP contribution in [0, 0.1) is 17.3 Å². The first-order chi connectivity index (χ1) is 18.0. The van der Waals surface area contributed by atoms with Crippen molar-refractivity contribution in [2.45, 2.75) is 51.4 Å². The molecule has 2 aromatic rings. The topological polar surface area (TPSA) is 22.1 Å². The molecule has 37 heavy (non-hydrogen) atoms. The second-order valence-electron chi connectivity index (χ2n) is 11.9. The molecule has 0 radical (unpaired) electrons. The zero-order valence-electron chi connectivity index (χ0n) is 22.0. The second kappa shape index (κ2) is 8.58. The fourth-order valence-electron chi connectivity index (χ4n) is 7.32. The first-order valence-electron chi connectivity index (χ1n) is 13.9. The molecule has 0 bridgehead atoms. The lowest BCUT2D eigenvalue weighted by atomic mass is 9.65. The lowest BCUT2D eigenvalue weighted by Crippen LogP contribution is -2.31. The van der Waals surface area contributed by atoms with Gasteiger partial charge in [0.25, 0.3) is 0 Å². The van der Waals surface area contributed by atoms with Crippen molar-refractivity contribution >= 4 is 11.6 Å². The molecule has 5 unspecified atom stereocenters. The van der Waals surface area contributed by atoms with E-state index in [1.54, 1.807) is 0 Å². The third kappa shape index (κ3) is 3.56. The number of benzene rings is 1. The minimum Gasteiger partial charge on any atom is -0.497 e. The molecule has 0 N–H and O–H groups in total. The standard InChI is InChI=1S/C35H35NO/c1-22-9-8-10-23-16-18-32(36-33(22)23)29-14-7-4-11-25(29)24-15-17-28-26-12-5-6-13-27(26)30-19-20-37-34(30)35(2,3)31(28)21-24/h4-8,10-18,21-22,25,28-29,31H,9,19-20H2,1-3H3. The summed E-state index contributed by atoms with van der Waals surface area (Å²) in [5.41, 5.74) is 9.25. The summed E-state index contributed by atoms with van der Waals surface area (Å²) >= 11 is 0. The summed E-state index contributed by atoms with van der Waals surface area (Å²) in [6.07, 6.45) is 23.1. The van der Waals surface area contributed by atoms with Crippen LogP contribution in [-0.2, 0) is 4.74 Å². The van der Waals surface area contributed by atoms with Gasteiger partial charge < -0.3 is 4.74 Å². The Morgan fingerprint density at radius 2 is 1.76 bits per heavy atom. The van der Waals surface area contributed by atoms with Crippen LogP contribution in [0.15, 0.2) is 96.3 Å². The Labute approximate surface area is 220 Å². The number of aromatic nitrogens is 1. The summed E-state index contributed by atoms with van der Waals surface area (Å²) in [7, 11) is 0. The number of nitrogens with zero attached hydrogens (tertiary/aromatic N) is 1. The Bertz CT molecular complexity index is 1450. The van der Waals surface area contributed by atoms with Gasteiger partial charge in [-0.15, -0.1) is 0 Å². The molecule has 0 spiro atoms. The Morgan fingerprint density at radius 3 is 2.65 bits per heavy atom. The van der Waals surface area contributed by atoms with Gasteiger partial charge in [-0.2, -0.15) is 0 Å². The lowest BCUT2D eigenvalue weighted by molar-refractivity contribution is 0.136. The van der Waals surface area contributed by atoms with Crippen LogP contribution in [0.3, 0.4) is 0 Å². The van der Waals surface area contributed by atoms with Crippen molar-refractivity contribution in [1.82, 2.24) is 4.98 Å². The normalized spacial score (nSPS) is 30.6. The quantitative estimate of drug-likeness (QED) is 0.425. The van der Waals surface area contributed by atoms with Crippen LogP contribution < -0.4 is 0 Å². The van der Waals surface area contributed by atoms with Crippen LogP contribution >= 0.6 is 0 Å². The maximum atomic E-state index is 6.38. The average Bonchev–Trinajstić information content (AvgIpc) is 3.42. The maximum Gasteiger partial charge on any atom is 0.106 e. The number of ether oxygens (including phenoxy) is 1. The van der Waals surface area contributed by atoms with E-state index in [1.165, 1.54) is 45.0 Å². The summed E-state index contributed by atoms with van der Waals surface area (Å²) < 4.78 is 6.38. The molecule has 2 nitrogen and oxygen atoms in total. The highest BCUT2D eigenvalue weighted by Gasteiger charge is 2.46. The third-order valence-corrected chi connectivity index (χ3v) is 9.29. The van der Waals surface area contributed by atoms with Crippen LogP contribution in [-0.4, -0.2) is 11.6 Å². The van der Waals surface area contributed by atoms with E-state index in [-0.39, 0.29) is 17.3 Å². The third-order valence-electron chi connectivity index (χ3n) is 9.29. The monoisotopic (exact) mass is 485 g/mol. The highest BCUT2D eigenvalue weighted by molar-refractivity contribution is 5.75. The highest BCUT2D eigenvalue weighted by Crippen LogP contribution is 2.56. The van der Waals surface area contributed by atoms with Gasteiger partial charge in [0, 0.05) is 46.8 Å². The summed E-state index contributed by atoms with van der Waals surface area (Å²) in [5.74, 6) is 2.86. The molecular weight excluding hydrogens is 450 g/mol. The molecule has 5 atom stereocenters. The minimum absolute atomic E-state index is 0.0823. The van der Waals surface area contributed by atoms with Gasteiger partial charge in [0.15, 0.2) is 0 Å². The van der Waals surface area contributed by atoms with Gasteiger partial charge in [0.05, 0.1) is 12.3 Å². The predicted octanol–water partition coefficient (Wildman–Crippen LogP) is 8.50. The molecule has 1 aromatic heterocycles. The molecule has 186 valence electrons. The molecule has 5 aliphatic rings. The molecule has 1 aromatic carbocycles. The van der Waals surface area contributed by atoms with E-state index in [0.717, 1.165) is 19.4 Å². The number of allylic oxidation sites excluding steroid dienone is 10. The molecule has 0 fully saturated rings. The largest absolute Gasteiger partial charge is 0.497 e. The average molecular weight is 486 g/mol. The second-order valence-corrected chi connectivity index (χ2v) is 11.9. The van der Waals surface area contributed by atoms with E-state index in [9.17, 15) is 0 Å². The lowest BCUT2D eigenvalue weighted by Gasteiger charge is -2.39. The summed E-state index contributed by atoms with van der Waals surface area (Å²) in [6, 6.07) is 13.5. The van der Waals surface area contributed by atoms with Gasteiger partial charge in [-0.25, -0.2) is 0 Å². The molecule has 2 heteroatoms. The number of hydrogen-bond donors (Lipinski definition) is 0. The van der Waals surface area contributed by atoms with Gasteiger partial charge in [-0.05, 0) is 40.7 Å². The molecule has 7 rings (SSSR count). The Morgan fingerprint density at radius 1 is 0.919 bits per heavy atom. The Kier molecular flexibility index (Phi) is 5.29. The summed E-state index contributed by atoms with van der Waals surface area (Å²) in [6.45, 7) is 7.86. The van der Waals surface area contributed by atoms with Gasteiger partial charge in [0.2, 0.25) is 0 Å². The van der Waals surface area contributed by atoms with Crippen LogP contribution in [0.1, 0.15) is 79.4 Å². The molecule has 2 heterocycles. The fourth-order valence-corrected chi connectivity index (χ4v) is 7.32. The SMILES string of the molecule is CC1CC=Cc2ccc(C3C=CC=CC3C3=CC4C(C=C3)c3ccccc3C3=C(OCC3)C4(C)C)nc21. The van der Waals surface area contributed by atoms with E-state index in [4.69, 9.17) is 9.72 Å². The van der Waals surface area contributed by atoms with Crippen molar-refractivity contribution in [3.05, 3.63) is 124 Å². The van der Waals surface area contributed by atoms with E-state index in [0.29, 0.717) is 17.8 Å². The van der Waals surface area contributed by atoms with Crippen molar-refractivity contribution in [1.29, 1.82) is 0 Å². The molecule has 1 aliphatic heterocycles. The van der Waals surface area contributed by atoms with Crippen molar-refractivity contribution in [3.8, 4) is 0 Å². The first-order valence-corrected chi connectivity index (χ1v) is 13.9. The predicted molar refractivity (Wildman–Crippen MR) is 152 cm³/mol. The van der Waals surface area contributed by atoms with Crippen molar-refractivity contribution in [2.24, 2.45) is 17.3 Å². The first kappa shape index (κ1) is 22.8. The van der Waals surface area contributed by atoms with E-state index >= 15 is 0 Å². The van der Waals surface area contributed by atoms with Gasteiger partial charge in [-0.3, -0.25) is 4.98 Å². The van der Waals surface area contributed by atoms with Gasteiger partial charge >= 0.3 is 0 Å². The molecular formula is C35H35NO. The van der Waals surface area contributed by atoms with Crippen LogP contribution in [0.2, 0.25) is 0 Å². The Balaban J connectivity index is 1.30. The van der Waals surface area contributed by atoms with Crippen molar-refractivity contribution < 1.29 is 4.74 Å². The number of hydrogen-bond acceptors (Lipinski definition) is 2. The van der Waals surface area contributed by atoms with E-state index in [2.05, 4.69) is 112 Å². The summed E-state index contributed by atoms with van der Waals surface area (Å²) in [5, 5.41) is 0. The molecule has 4 aliphatic carbocycles. The van der Waals surface area contributed by atoms with Crippen LogP contribution in [0.5, 0.6) is 0 Å². The van der Waals surface area contributed by atoms with E-state index < -0.39 is 0 Å². The van der Waals surface area contributed by atoms with Crippen molar-refractivity contribution in [2.75, 3.05) is 6.61 Å². The van der Waals surface area contributed by atoms with Crippen LogP contribution in [0.25, 0.3) is 11.6 Å². The van der Waals surface area contributed by atoms with Crippen LogP contribution in [0.4, 0.5) is 0 Å². The van der Waals surface area contributed by atoms with Gasteiger partial charge in [0.1, 0.15) is 5.76 Å². The minimum atomic E-state index is -0.0823. The smallest absolute Gasteiger partial charge is 0.106 e. The summed E-state index contributed by atoms with van der Waals surface area (Å²) in [4.78, 5) is 5.25. The van der Waals surface area contributed by atoms with Gasteiger partial charge in [-0.1, -0.05) is 106 Å². The zero-order valence-corrected chi connectivity index (χ0v) is 22.0. The Hall–Kier alpha value is -3.39. The number of pyridine rings is 1. The number of rotatable bonds is 2. The van der Waals surface area contributed by atoms with Crippen molar-refractivity contribution in [3.63, 3.8) is 0 Å². The molecule has 0 amide bonds. The maximum absolute atomic E-state index is 6.38.